The summed E-state index contributed by atoms with van der Waals surface area (Å²) in [4.78, 5) is 25.3. The van der Waals surface area contributed by atoms with Crippen LogP contribution in [0.4, 0.5) is 5.82 Å². The second kappa shape index (κ2) is 8.70. The summed E-state index contributed by atoms with van der Waals surface area (Å²) in [6, 6.07) is 8.96. The number of benzene rings is 1. The molecular formula is C28H34N6O3. The van der Waals surface area contributed by atoms with Crippen LogP contribution in [0.3, 0.4) is 0 Å². The summed E-state index contributed by atoms with van der Waals surface area (Å²) >= 11 is 0. The SMILES string of the molecule is CN1CCN([C@H]2C[C@H](n3cc(-c4cccc(OCC56CCC(CC5)O6)c4)c4c(N)ncnc43)C2)CC1=O. The molecule has 37 heavy (non-hydrogen) atoms. The van der Waals surface area contributed by atoms with E-state index in [0.717, 1.165) is 79.5 Å². The number of fused-ring (bicyclic) bond motifs is 3. The standard InChI is InChI=1S/C28H34N6O3/c1-32-9-10-33(15-24(32)35)19-12-20(13-19)34-14-23(25-26(29)30-17-31-27(25)34)18-3-2-4-22(11-18)36-16-28-7-5-21(37-28)6-8-28/h2-4,11,14,17,19-21H,5-10,12-13,15-16H2,1H3,(H2,29,30,31)/t19-,20-,21?,28?. The number of amides is 1. The van der Waals surface area contributed by atoms with Crippen LogP contribution < -0.4 is 10.5 Å². The number of carbonyl (C=O) groups excluding carboxylic acids is 1. The zero-order valence-electron chi connectivity index (χ0n) is 21.3. The molecule has 1 aliphatic carbocycles. The number of nitrogens with two attached hydrogens (primary N) is 1. The predicted molar refractivity (Wildman–Crippen MR) is 140 cm³/mol. The molecule has 5 heterocycles. The molecule has 3 saturated heterocycles. The van der Waals surface area contributed by atoms with Gasteiger partial charge in [-0.05, 0) is 56.2 Å². The van der Waals surface area contributed by atoms with E-state index in [1.54, 1.807) is 6.33 Å². The van der Waals surface area contributed by atoms with Gasteiger partial charge in [-0.2, -0.15) is 0 Å². The maximum absolute atomic E-state index is 12.2. The summed E-state index contributed by atoms with van der Waals surface area (Å²) in [5.74, 6) is 1.53. The normalized spacial score (nSPS) is 29.7. The number of hydrogen-bond donors (Lipinski definition) is 1. The Hall–Kier alpha value is -3.17. The van der Waals surface area contributed by atoms with Gasteiger partial charge in [0.25, 0.3) is 0 Å². The van der Waals surface area contributed by atoms with E-state index in [-0.39, 0.29) is 11.5 Å². The summed E-state index contributed by atoms with van der Waals surface area (Å²) in [5, 5.41) is 0.884. The average molecular weight is 503 g/mol. The van der Waals surface area contributed by atoms with Crippen LogP contribution in [-0.2, 0) is 9.53 Å². The van der Waals surface area contributed by atoms with E-state index in [1.165, 1.54) is 0 Å². The van der Waals surface area contributed by atoms with Crippen molar-refractivity contribution in [1.29, 1.82) is 0 Å². The second-order valence-corrected chi connectivity index (χ2v) is 11.3. The Morgan fingerprint density at radius 2 is 2.00 bits per heavy atom. The summed E-state index contributed by atoms with van der Waals surface area (Å²) in [5.41, 5.74) is 9.21. The molecule has 4 aliphatic rings. The van der Waals surface area contributed by atoms with Crippen LogP contribution in [-0.4, -0.2) is 81.3 Å². The van der Waals surface area contributed by atoms with Crippen molar-refractivity contribution in [1.82, 2.24) is 24.3 Å². The third-order valence-corrected chi connectivity index (χ3v) is 9.03. The van der Waals surface area contributed by atoms with E-state index in [2.05, 4.69) is 37.8 Å². The van der Waals surface area contributed by atoms with Crippen molar-refractivity contribution in [3.63, 3.8) is 0 Å². The molecule has 194 valence electrons. The number of anilines is 1. The van der Waals surface area contributed by atoms with Crippen LogP contribution in [0.25, 0.3) is 22.2 Å². The Morgan fingerprint density at radius 1 is 1.16 bits per heavy atom. The van der Waals surface area contributed by atoms with Crippen molar-refractivity contribution >= 4 is 22.8 Å². The highest BCUT2D eigenvalue weighted by molar-refractivity contribution is 6.00. The molecule has 1 amide bonds. The van der Waals surface area contributed by atoms with E-state index in [0.29, 0.717) is 37.2 Å². The van der Waals surface area contributed by atoms with Crippen molar-refractivity contribution in [3.05, 3.63) is 36.8 Å². The van der Waals surface area contributed by atoms with Gasteiger partial charge in [0.15, 0.2) is 0 Å². The van der Waals surface area contributed by atoms with Gasteiger partial charge in [-0.25, -0.2) is 9.97 Å². The van der Waals surface area contributed by atoms with Crippen LogP contribution in [0.2, 0.25) is 0 Å². The number of hydrogen-bond acceptors (Lipinski definition) is 7. The number of rotatable bonds is 6. The lowest BCUT2D eigenvalue weighted by atomic mass is 9.85. The van der Waals surface area contributed by atoms with Gasteiger partial charge in [0, 0.05) is 44.0 Å². The molecule has 2 bridgehead atoms. The monoisotopic (exact) mass is 502 g/mol. The van der Waals surface area contributed by atoms with Crippen LogP contribution in [0, 0.1) is 0 Å². The molecule has 9 heteroatoms. The van der Waals surface area contributed by atoms with E-state index in [1.807, 2.05) is 24.1 Å². The summed E-state index contributed by atoms with van der Waals surface area (Å²) in [6.45, 7) is 2.84. The fourth-order valence-electron chi connectivity index (χ4n) is 6.63. The fourth-order valence-corrected chi connectivity index (χ4v) is 6.63. The third kappa shape index (κ3) is 3.95. The minimum atomic E-state index is -0.107. The number of likely N-dealkylation sites (N-methyl/N-ethyl adjacent to an activating group) is 1. The van der Waals surface area contributed by atoms with Gasteiger partial charge in [-0.1, -0.05) is 12.1 Å². The van der Waals surface area contributed by atoms with Gasteiger partial charge >= 0.3 is 0 Å². The molecule has 4 fully saturated rings. The lowest BCUT2D eigenvalue weighted by molar-refractivity contribution is -0.136. The lowest BCUT2D eigenvalue weighted by Gasteiger charge is -2.46. The highest BCUT2D eigenvalue weighted by Crippen LogP contribution is 2.45. The molecule has 0 atom stereocenters. The first kappa shape index (κ1) is 23.0. The molecule has 0 radical (unpaired) electrons. The first-order valence-corrected chi connectivity index (χ1v) is 13.5. The summed E-state index contributed by atoms with van der Waals surface area (Å²) < 4.78 is 14.7. The van der Waals surface area contributed by atoms with E-state index in [9.17, 15) is 4.79 Å². The average Bonchev–Trinajstić information content (AvgIpc) is 3.59. The molecule has 7 rings (SSSR count). The van der Waals surface area contributed by atoms with Crippen LogP contribution >= 0.6 is 0 Å². The number of nitrogens with zero attached hydrogens (tertiary/aromatic N) is 5. The number of nitrogen functional groups attached to an aromatic ring is 1. The van der Waals surface area contributed by atoms with Gasteiger partial charge < -0.3 is 24.7 Å². The largest absolute Gasteiger partial charge is 0.491 e. The molecule has 2 aromatic heterocycles. The van der Waals surface area contributed by atoms with Crippen molar-refractivity contribution < 1.29 is 14.3 Å². The molecule has 9 nitrogen and oxygen atoms in total. The molecule has 1 saturated carbocycles. The van der Waals surface area contributed by atoms with Crippen molar-refractivity contribution in [2.45, 2.75) is 62.3 Å². The number of carbonyl (C=O) groups is 1. The van der Waals surface area contributed by atoms with Gasteiger partial charge in [0.05, 0.1) is 18.0 Å². The Kier molecular flexibility index (Phi) is 5.40. The topological polar surface area (TPSA) is 98.7 Å². The smallest absolute Gasteiger partial charge is 0.236 e. The third-order valence-electron chi connectivity index (χ3n) is 9.03. The number of ether oxygens (including phenoxy) is 2. The molecule has 3 aliphatic heterocycles. The quantitative estimate of drug-likeness (QED) is 0.552. The highest BCUT2D eigenvalue weighted by atomic mass is 16.6. The van der Waals surface area contributed by atoms with Crippen LogP contribution in [0.15, 0.2) is 36.8 Å². The number of piperazine rings is 1. The lowest BCUT2D eigenvalue weighted by Crippen LogP contribution is -2.55. The van der Waals surface area contributed by atoms with Crippen molar-refractivity contribution in [2.75, 3.05) is 39.0 Å². The Balaban J connectivity index is 1.13. The number of aromatic nitrogens is 3. The molecule has 0 unspecified atom stereocenters. The van der Waals surface area contributed by atoms with Crippen LogP contribution in [0.1, 0.15) is 44.6 Å². The molecule has 2 N–H and O–H groups in total. The van der Waals surface area contributed by atoms with E-state index in [4.69, 9.17) is 15.2 Å². The first-order chi connectivity index (χ1) is 18.0. The summed E-state index contributed by atoms with van der Waals surface area (Å²) in [6.07, 6.45) is 10.6. The Labute approximate surface area is 216 Å². The van der Waals surface area contributed by atoms with Crippen molar-refractivity contribution in [3.8, 4) is 16.9 Å². The zero-order valence-corrected chi connectivity index (χ0v) is 21.3. The second-order valence-electron chi connectivity index (χ2n) is 11.3. The zero-order chi connectivity index (χ0) is 25.1. The molecule has 3 aromatic rings. The first-order valence-electron chi connectivity index (χ1n) is 13.5. The molecular weight excluding hydrogens is 468 g/mol. The molecule has 0 spiro atoms. The van der Waals surface area contributed by atoms with Gasteiger partial charge in [-0.3, -0.25) is 9.69 Å². The van der Waals surface area contributed by atoms with Gasteiger partial charge in [-0.15, -0.1) is 0 Å². The summed E-state index contributed by atoms with van der Waals surface area (Å²) in [7, 11) is 1.88. The predicted octanol–water partition coefficient (Wildman–Crippen LogP) is 3.25. The Bertz CT molecular complexity index is 1340. The Morgan fingerprint density at radius 3 is 2.76 bits per heavy atom. The van der Waals surface area contributed by atoms with E-state index < -0.39 is 0 Å². The highest BCUT2D eigenvalue weighted by Gasteiger charge is 2.46. The minimum Gasteiger partial charge on any atom is -0.491 e. The van der Waals surface area contributed by atoms with Gasteiger partial charge in [0.2, 0.25) is 5.91 Å². The fraction of sp³-hybridized carbons (Fsp3) is 0.536. The minimum absolute atomic E-state index is 0.107. The maximum atomic E-state index is 12.2. The van der Waals surface area contributed by atoms with Gasteiger partial charge in [0.1, 0.15) is 35.7 Å². The maximum Gasteiger partial charge on any atom is 0.236 e. The molecule has 1 aromatic carbocycles. The van der Waals surface area contributed by atoms with Crippen LogP contribution in [0.5, 0.6) is 5.75 Å². The van der Waals surface area contributed by atoms with E-state index >= 15 is 0 Å². The van der Waals surface area contributed by atoms with Crippen molar-refractivity contribution in [2.24, 2.45) is 0 Å².